The van der Waals surface area contributed by atoms with Gasteiger partial charge in [-0.2, -0.15) is 0 Å². The predicted molar refractivity (Wildman–Crippen MR) is 71.2 cm³/mol. The number of rotatable bonds is 2. The molecule has 0 aromatic rings. The summed E-state index contributed by atoms with van der Waals surface area (Å²) < 4.78 is 0. The fourth-order valence-corrected chi connectivity index (χ4v) is 1.14. The van der Waals surface area contributed by atoms with Gasteiger partial charge in [0.25, 0.3) is 0 Å². The lowest BCUT2D eigenvalue weighted by molar-refractivity contribution is 0.346. The van der Waals surface area contributed by atoms with E-state index in [2.05, 4.69) is 34.6 Å². The molecular formula is C15H32. The molecule has 0 heteroatoms. The molecular weight excluding hydrogens is 180 g/mol. The average molecular weight is 212 g/mol. The van der Waals surface area contributed by atoms with Crippen molar-refractivity contribution in [3.8, 4) is 0 Å². The fourth-order valence-electron chi connectivity index (χ4n) is 1.14. The van der Waals surface area contributed by atoms with Crippen LogP contribution in [0.1, 0.15) is 79.6 Å². The van der Waals surface area contributed by atoms with Crippen LogP contribution >= 0.6 is 0 Å². The van der Waals surface area contributed by atoms with Gasteiger partial charge in [-0.25, -0.2) is 0 Å². The molecule has 2 rings (SSSR count). The maximum absolute atomic E-state index is 2.31. The topological polar surface area (TPSA) is 0 Å². The minimum absolute atomic E-state index is 0.884. The minimum Gasteiger partial charge on any atom is -0.0651 e. The molecule has 0 heterocycles. The van der Waals surface area contributed by atoms with Gasteiger partial charge in [0.15, 0.2) is 0 Å². The Morgan fingerprint density at radius 2 is 1.40 bits per heavy atom. The molecule has 2 saturated carbocycles. The minimum atomic E-state index is 0.884. The van der Waals surface area contributed by atoms with E-state index in [0.29, 0.717) is 0 Å². The van der Waals surface area contributed by atoms with Crippen molar-refractivity contribution in [3.63, 3.8) is 0 Å². The molecule has 2 fully saturated rings. The first-order valence-corrected chi connectivity index (χ1v) is 7.10. The van der Waals surface area contributed by atoms with Crippen molar-refractivity contribution in [2.75, 3.05) is 0 Å². The van der Waals surface area contributed by atoms with E-state index in [9.17, 15) is 0 Å². The van der Waals surface area contributed by atoms with Crippen LogP contribution in [0.3, 0.4) is 0 Å². The molecule has 2 aliphatic carbocycles. The Hall–Kier alpha value is 0. The van der Waals surface area contributed by atoms with Crippen molar-refractivity contribution < 1.29 is 0 Å². The van der Waals surface area contributed by atoms with E-state index < -0.39 is 0 Å². The molecule has 0 aliphatic heterocycles. The van der Waals surface area contributed by atoms with Crippen LogP contribution in [0.4, 0.5) is 0 Å². The average Bonchev–Trinajstić information content (AvgIpc) is 2.99. The molecule has 0 spiro atoms. The van der Waals surface area contributed by atoms with Crippen molar-refractivity contribution in [1.82, 2.24) is 0 Å². The molecule has 0 nitrogen and oxygen atoms in total. The monoisotopic (exact) mass is 212 g/mol. The van der Waals surface area contributed by atoms with E-state index in [-0.39, 0.29) is 0 Å². The Morgan fingerprint density at radius 3 is 1.40 bits per heavy atom. The molecule has 0 saturated heterocycles. The third-order valence-corrected chi connectivity index (χ3v) is 3.48. The first kappa shape index (κ1) is 15.0. The summed E-state index contributed by atoms with van der Waals surface area (Å²) in [6, 6.07) is 0. The van der Waals surface area contributed by atoms with E-state index in [1.54, 1.807) is 0 Å². The molecule has 0 aromatic carbocycles. The lowest BCUT2D eigenvalue weighted by Gasteiger charge is -2.18. The molecule has 0 amide bonds. The van der Waals surface area contributed by atoms with Gasteiger partial charge in [-0.1, -0.05) is 79.6 Å². The van der Waals surface area contributed by atoms with Crippen LogP contribution in [0.5, 0.6) is 0 Å². The van der Waals surface area contributed by atoms with Crippen LogP contribution in [0.25, 0.3) is 0 Å². The van der Waals surface area contributed by atoms with Crippen molar-refractivity contribution in [2.24, 2.45) is 17.8 Å². The van der Waals surface area contributed by atoms with Crippen LogP contribution in [-0.4, -0.2) is 0 Å². The standard InChI is InChI=1S/2C5H10.C5H12/c1-5-3-2-4-5;1-2-5-3-4-5;1-4-5(2)3/h2*5H,2-4H2,1H3;5H,4H2,1-3H3. The van der Waals surface area contributed by atoms with E-state index in [4.69, 9.17) is 0 Å². The van der Waals surface area contributed by atoms with Crippen molar-refractivity contribution >= 4 is 0 Å². The van der Waals surface area contributed by atoms with Crippen LogP contribution in [0.15, 0.2) is 0 Å². The van der Waals surface area contributed by atoms with Gasteiger partial charge in [0.1, 0.15) is 0 Å². The van der Waals surface area contributed by atoms with Crippen LogP contribution < -0.4 is 0 Å². The van der Waals surface area contributed by atoms with Gasteiger partial charge in [-0.3, -0.25) is 0 Å². The SMILES string of the molecule is CC1CCC1.CCC(C)C.CCC1CC1. The van der Waals surface area contributed by atoms with Gasteiger partial charge < -0.3 is 0 Å². The maximum Gasteiger partial charge on any atom is -0.0417 e. The summed E-state index contributed by atoms with van der Waals surface area (Å²) in [6.45, 7) is 11.2. The van der Waals surface area contributed by atoms with Crippen LogP contribution in [0.2, 0.25) is 0 Å². The molecule has 0 aromatic heterocycles. The highest BCUT2D eigenvalue weighted by Gasteiger charge is 2.17. The first-order valence-electron chi connectivity index (χ1n) is 7.10. The third kappa shape index (κ3) is 11.9. The summed E-state index contributed by atoms with van der Waals surface area (Å²) in [6.07, 6.45) is 10.2. The summed E-state index contributed by atoms with van der Waals surface area (Å²) >= 11 is 0. The summed E-state index contributed by atoms with van der Waals surface area (Å²) in [5, 5.41) is 0. The fraction of sp³-hybridized carbons (Fsp3) is 1.00. The van der Waals surface area contributed by atoms with Crippen LogP contribution in [0, 0.1) is 17.8 Å². The molecule has 0 atom stereocenters. The Balaban J connectivity index is 0.000000196. The molecule has 2 aliphatic rings. The molecule has 0 radical (unpaired) electrons. The highest BCUT2D eigenvalue weighted by molar-refractivity contribution is 4.69. The van der Waals surface area contributed by atoms with Crippen LogP contribution in [-0.2, 0) is 0 Å². The largest absolute Gasteiger partial charge is 0.0651 e. The normalized spacial score (nSPS) is 19.6. The van der Waals surface area contributed by atoms with Gasteiger partial charge in [0.05, 0.1) is 0 Å². The van der Waals surface area contributed by atoms with Gasteiger partial charge >= 0.3 is 0 Å². The highest BCUT2D eigenvalue weighted by atomic mass is 14.2. The van der Waals surface area contributed by atoms with Crippen molar-refractivity contribution in [2.45, 2.75) is 79.6 Å². The molecule has 0 N–H and O–H groups in total. The Labute approximate surface area is 97.8 Å². The first-order chi connectivity index (χ1) is 7.10. The van der Waals surface area contributed by atoms with Crippen molar-refractivity contribution in [3.05, 3.63) is 0 Å². The second kappa shape index (κ2) is 9.24. The van der Waals surface area contributed by atoms with E-state index in [1.165, 1.54) is 44.9 Å². The zero-order valence-corrected chi connectivity index (χ0v) is 11.7. The van der Waals surface area contributed by atoms with E-state index >= 15 is 0 Å². The van der Waals surface area contributed by atoms with Gasteiger partial charge in [0, 0.05) is 0 Å². The molecule has 92 valence electrons. The smallest absolute Gasteiger partial charge is 0.0417 e. The second-order valence-electron chi connectivity index (χ2n) is 5.69. The Morgan fingerprint density at radius 1 is 1.00 bits per heavy atom. The number of hydrogen-bond donors (Lipinski definition) is 0. The van der Waals surface area contributed by atoms with E-state index in [1.807, 2.05) is 0 Å². The zero-order chi connectivity index (χ0) is 11.7. The molecule has 15 heavy (non-hydrogen) atoms. The van der Waals surface area contributed by atoms with Gasteiger partial charge in [0.2, 0.25) is 0 Å². The van der Waals surface area contributed by atoms with Crippen molar-refractivity contribution in [1.29, 1.82) is 0 Å². The van der Waals surface area contributed by atoms with Gasteiger partial charge in [-0.05, 0) is 17.8 Å². The summed E-state index contributed by atoms with van der Waals surface area (Å²) in [5.41, 5.74) is 0. The predicted octanol–water partition coefficient (Wildman–Crippen LogP) is 5.67. The molecule has 0 bridgehead atoms. The summed E-state index contributed by atoms with van der Waals surface area (Å²) in [7, 11) is 0. The van der Waals surface area contributed by atoms with Gasteiger partial charge in [-0.15, -0.1) is 0 Å². The Bertz CT molecular complexity index is 112. The third-order valence-electron chi connectivity index (χ3n) is 3.48. The second-order valence-corrected chi connectivity index (χ2v) is 5.69. The summed E-state index contributed by atoms with van der Waals surface area (Å²) in [4.78, 5) is 0. The summed E-state index contributed by atoms with van der Waals surface area (Å²) in [5.74, 6) is 3.08. The number of hydrogen-bond acceptors (Lipinski definition) is 0. The van der Waals surface area contributed by atoms with E-state index in [0.717, 1.165) is 17.8 Å². The lowest BCUT2D eigenvalue weighted by Crippen LogP contribution is -2.04. The molecule has 0 unspecified atom stereocenters. The maximum atomic E-state index is 2.31. The lowest BCUT2D eigenvalue weighted by atomic mass is 9.88. The quantitative estimate of drug-likeness (QED) is 0.553. The zero-order valence-electron chi connectivity index (χ0n) is 11.7. The Kier molecular flexibility index (Phi) is 9.24. The highest BCUT2D eigenvalue weighted by Crippen LogP contribution is 2.31.